The van der Waals surface area contributed by atoms with Gasteiger partial charge in [-0.15, -0.1) is 0 Å². The van der Waals surface area contributed by atoms with Crippen LogP contribution in [0.4, 0.5) is 0 Å². The first-order chi connectivity index (χ1) is 12.9. The zero-order chi connectivity index (χ0) is 19.0. The summed E-state index contributed by atoms with van der Waals surface area (Å²) in [5.74, 6) is 0.697. The second-order valence-corrected chi connectivity index (χ2v) is 9.47. The first-order valence-electron chi connectivity index (χ1n) is 9.61. The molecule has 1 aliphatic rings. The van der Waals surface area contributed by atoms with Gasteiger partial charge in [-0.2, -0.15) is 0 Å². The summed E-state index contributed by atoms with van der Waals surface area (Å²) in [4.78, 5) is 0.346. The Morgan fingerprint density at radius 1 is 0.963 bits per heavy atom. The van der Waals surface area contributed by atoms with E-state index < -0.39 is 10.0 Å². The highest BCUT2D eigenvalue weighted by Gasteiger charge is 2.24. The van der Waals surface area contributed by atoms with Crippen LogP contribution < -0.4 is 4.72 Å². The molecule has 0 saturated heterocycles. The van der Waals surface area contributed by atoms with E-state index in [0.29, 0.717) is 10.8 Å². The lowest BCUT2D eigenvalue weighted by Gasteiger charge is -2.26. The van der Waals surface area contributed by atoms with Gasteiger partial charge in [0.2, 0.25) is 10.0 Å². The predicted molar refractivity (Wildman–Crippen MR) is 110 cm³/mol. The van der Waals surface area contributed by atoms with Crippen LogP contribution in [0.1, 0.15) is 32.6 Å². The first-order valence-corrected chi connectivity index (χ1v) is 11.1. The fraction of sp³-hybridized carbons (Fsp3) is 0.364. The number of benzene rings is 2. The minimum absolute atomic E-state index is 0.0533. The van der Waals surface area contributed by atoms with Crippen LogP contribution in [0.2, 0.25) is 0 Å². The SMILES string of the molecule is Cn1c(-c2ccccc2)cc2cc(S(=O)(=O)N[C@H]3CC[C@H](C)CC3)ccc21. The van der Waals surface area contributed by atoms with Gasteiger partial charge in [-0.05, 0) is 61.4 Å². The molecule has 0 spiro atoms. The normalized spacial score (nSPS) is 20.8. The van der Waals surface area contributed by atoms with E-state index in [9.17, 15) is 8.42 Å². The highest BCUT2D eigenvalue weighted by molar-refractivity contribution is 7.89. The molecule has 27 heavy (non-hydrogen) atoms. The second-order valence-electron chi connectivity index (χ2n) is 7.75. The Hall–Kier alpha value is -2.11. The molecule has 1 saturated carbocycles. The van der Waals surface area contributed by atoms with Gasteiger partial charge in [0.15, 0.2) is 0 Å². The molecule has 0 amide bonds. The molecule has 0 unspecified atom stereocenters. The number of hydrogen-bond acceptors (Lipinski definition) is 2. The number of fused-ring (bicyclic) bond motifs is 1. The maximum Gasteiger partial charge on any atom is 0.240 e. The highest BCUT2D eigenvalue weighted by atomic mass is 32.2. The zero-order valence-electron chi connectivity index (χ0n) is 15.9. The Balaban J connectivity index is 1.65. The number of aromatic nitrogens is 1. The lowest BCUT2D eigenvalue weighted by atomic mass is 9.88. The van der Waals surface area contributed by atoms with Crippen molar-refractivity contribution < 1.29 is 8.42 Å². The van der Waals surface area contributed by atoms with Crippen LogP contribution in [-0.4, -0.2) is 19.0 Å². The summed E-state index contributed by atoms with van der Waals surface area (Å²) < 4.78 is 30.8. The largest absolute Gasteiger partial charge is 0.344 e. The lowest BCUT2D eigenvalue weighted by molar-refractivity contribution is 0.332. The average Bonchev–Trinajstić information content (AvgIpc) is 3.00. The Labute approximate surface area is 161 Å². The maximum absolute atomic E-state index is 12.9. The van der Waals surface area contributed by atoms with Gasteiger partial charge < -0.3 is 4.57 Å². The molecule has 3 aromatic rings. The van der Waals surface area contributed by atoms with Crippen LogP contribution in [0, 0.1) is 5.92 Å². The van der Waals surface area contributed by atoms with Gasteiger partial charge >= 0.3 is 0 Å². The lowest BCUT2D eigenvalue weighted by Crippen LogP contribution is -2.37. The molecule has 0 aliphatic heterocycles. The van der Waals surface area contributed by atoms with Crippen LogP contribution in [-0.2, 0) is 17.1 Å². The quantitative estimate of drug-likeness (QED) is 0.711. The molecule has 4 rings (SSSR count). The summed E-state index contributed by atoms with van der Waals surface area (Å²) in [7, 11) is -1.48. The van der Waals surface area contributed by atoms with Gasteiger partial charge in [0, 0.05) is 29.7 Å². The molecule has 0 bridgehead atoms. The Bertz CT molecular complexity index is 1050. The van der Waals surface area contributed by atoms with Gasteiger partial charge in [0.05, 0.1) is 4.90 Å². The van der Waals surface area contributed by atoms with Crippen molar-refractivity contribution in [1.82, 2.24) is 9.29 Å². The van der Waals surface area contributed by atoms with Gasteiger partial charge in [0.1, 0.15) is 0 Å². The van der Waals surface area contributed by atoms with Crippen LogP contribution in [0.3, 0.4) is 0 Å². The maximum atomic E-state index is 12.9. The fourth-order valence-electron chi connectivity index (χ4n) is 4.05. The summed E-state index contributed by atoms with van der Waals surface area (Å²) in [6.07, 6.45) is 4.02. The van der Waals surface area contributed by atoms with Crippen molar-refractivity contribution in [3.63, 3.8) is 0 Å². The van der Waals surface area contributed by atoms with Crippen LogP contribution in [0.5, 0.6) is 0 Å². The summed E-state index contributed by atoms with van der Waals surface area (Å²) in [5, 5.41) is 0.941. The third-order valence-electron chi connectivity index (χ3n) is 5.73. The molecule has 2 aromatic carbocycles. The zero-order valence-corrected chi connectivity index (χ0v) is 16.7. The molecule has 4 nitrogen and oxygen atoms in total. The Morgan fingerprint density at radius 3 is 2.37 bits per heavy atom. The second kappa shape index (κ2) is 7.13. The number of nitrogens with one attached hydrogen (secondary N) is 1. The minimum atomic E-state index is -3.50. The van der Waals surface area contributed by atoms with E-state index in [4.69, 9.17) is 0 Å². The summed E-state index contributed by atoms with van der Waals surface area (Å²) in [6.45, 7) is 2.23. The number of sulfonamides is 1. The smallest absolute Gasteiger partial charge is 0.240 e. The van der Waals surface area contributed by atoms with Crippen molar-refractivity contribution in [3.05, 3.63) is 54.6 Å². The fourth-order valence-corrected chi connectivity index (χ4v) is 5.39. The minimum Gasteiger partial charge on any atom is -0.344 e. The summed E-state index contributed by atoms with van der Waals surface area (Å²) in [6, 6.07) is 17.7. The number of nitrogens with zero attached hydrogens (tertiary/aromatic N) is 1. The van der Waals surface area contributed by atoms with E-state index in [0.717, 1.165) is 47.8 Å². The van der Waals surface area contributed by atoms with E-state index in [1.165, 1.54) is 0 Å². The van der Waals surface area contributed by atoms with Crippen molar-refractivity contribution in [3.8, 4) is 11.3 Å². The molecule has 1 N–H and O–H groups in total. The Morgan fingerprint density at radius 2 is 1.67 bits per heavy atom. The van der Waals surface area contributed by atoms with Crippen molar-refractivity contribution in [2.24, 2.45) is 13.0 Å². The van der Waals surface area contributed by atoms with Crippen molar-refractivity contribution in [2.45, 2.75) is 43.5 Å². The van der Waals surface area contributed by atoms with Crippen molar-refractivity contribution in [2.75, 3.05) is 0 Å². The molecule has 0 atom stereocenters. The van der Waals surface area contributed by atoms with E-state index in [1.54, 1.807) is 12.1 Å². The first kappa shape index (κ1) is 18.3. The summed E-state index contributed by atoms with van der Waals surface area (Å²) >= 11 is 0. The van der Waals surface area contributed by atoms with E-state index in [2.05, 4.69) is 34.4 Å². The monoisotopic (exact) mass is 382 g/mol. The molecular formula is C22H26N2O2S. The molecule has 0 radical (unpaired) electrons. The highest BCUT2D eigenvalue weighted by Crippen LogP contribution is 2.29. The predicted octanol–water partition coefficient (Wildman–Crippen LogP) is 4.70. The van der Waals surface area contributed by atoms with Crippen LogP contribution in [0.15, 0.2) is 59.5 Å². The molecular weight excluding hydrogens is 356 g/mol. The summed E-state index contributed by atoms with van der Waals surface area (Å²) in [5.41, 5.74) is 3.23. The molecule has 1 aromatic heterocycles. The van der Waals surface area contributed by atoms with E-state index >= 15 is 0 Å². The van der Waals surface area contributed by atoms with Gasteiger partial charge in [-0.25, -0.2) is 13.1 Å². The van der Waals surface area contributed by atoms with Crippen molar-refractivity contribution in [1.29, 1.82) is 0 Å². The molecule has 142 valence electrons. The van der Waals surface area contributed by atoms with Gasteiger partial charge in [0.25, 0.3) is 0 Å². The molecule has 1 aliphatic carbocycles. The molecule has 5 heteroatoms. The van der Waals surface area contributed by atoms with E-state index in [-0.39, 0.29) is 6.04 Å². The molecule has 1 fully saturated rings. The third kappa shape index (κ3) is 3.66. The molecule has 1 heterocycles. The third-order valence-corrected chi connectivity index (χ3v) is 7.25. The number of hydrogen-bond donors (Lipinski definition) is 1. The van der Waals surface area contributed by atoms with Crippen LogP contribution in [0.25, 0.3) is 22.2 Å². The van der Waals surface area contributed by atoms with Gasteiger partial charge in [-0.1, -0.05) is 37.3 Å². The van der Waals surface area contributed by atoms with Crippen LogP contribution >= 0.6 is 0 Å². The van der Waals surface area contributed by atoms with E-state index in [1.807, 2.05) is 31.3 Å². The number of aryl methyl sites for hydroxylation is 1. The number of rotatable bonds is 4. The standard InChI is InChI=1S/C22H26N2O2S/c1-16-8-10-19(11-9-16)23-27(25,26)20-12-13-21-18(14-20)15-22(24(21)2)17-6-4-3-5-7-17/h3-7,12-16,19,23H,8-11H2,1-2H3/t16-,19-. The topological polar surface area (TPSA) is 51.1 Å². The average molecular weight is 383 g/mol. The van der Waals surface area contributed by atoms with Gasteiger partial charge in [-0.3, -0.25) is 0 Å². The van der Waals surface area contributed by atoms with Crippen molar-refractivity contribution >= 4 is 20.9 Å². The Kier molecular flexibility index (Phi) is 4.82.